The highest BCUT2D eigenvalue weighted by Crippen LogP contribution is 2.60. The van der Waals surface area contributed by atoms with Gasteiger partial charge in [0.05, 0.1) is 125 Å². The van der Waals surface area contributed by atoms with Crippen LogP contribution in [0.5, 0.6) is 5.88 Å². The SMILES string of the molecule is COCCOCCOCCOCCOCCOCCOCCOCCN(Cc1ccccc1C(=O)Nc1nc2c(ncn2[C@@H]2O[C@@H]3CO[P@@](=O)(S)O[C@H]4C[C@H](Oc5ccncn5)C[C@@H]4COP(=O)(S)O[C@@H]2[C@@H]3O)c(=O)[nH]1)C(=O)OCc1ccc(NC(=O)[C@H](C)NC(=O)[C@@H](NC(=O)CN2C(=O)C=CC2=O)C(C)C)cc1. The van der Waals surface area contributed by atoms with Crippen molar-refractivity contribution in [1.82, 2.24) is 49.9 Å². The van der Waals surface area contributed by atoms with Gasteiger partial charge in [-0.05, 0) is 48.6 Å². The summed E-state index contributed by atoms with van der Waals surface area (Å²) in [6.45, 7) is -0.787. The molecule has 11 atom stereocenters. The molecule has 109 heavy (non-hydrogen) atoms. The van der Waals surface area contributed by atoms with Crippen molar-refractivity contribution in [1.29, 1.82) is 0 Å². The summed E-state index contributed by atoms with van der Waals surface area (Å²) >= 11 is 8.48. The van der Waals surface area contributed by atoms with Crippen LogP contribution < -0.4 is 31.6 Å². The van der Waals surface area contributed by atoms with Crippen LogP contribution in [0.1, 0.15) is 61.3 Å². The fraction of sp³-hybridized carbons (Fsp3) is 0.552. The molecule has 6 heterocycles. The number of aliphatic hydroxyl groups is 1. The number of amides is 7. The van der Waals surface area contributed by atoms with Crippen LogP contribution in [0.15, 0.2) is 90.4 Å². The molecule has 3 fully saturated rings. The number of nitrogens with one attached hydrogen (secondary N) is 5. The largest absolute Gasteiger partial charge is 0.474 e. The highest BCUT2D eigenvalue weighted by atomic mass is 32.7. The minimum atomic E-state index is -4.43. The van der Waals surface area contributed by atoms with Gasteiger partial charge in [-0.15, -0.1) is 0 Å². The average Bonchev–Trinajstić information content (AvgIpc) is 1.61. The number of carbonyl (C=O) groups excluding carboxylic acids is 7. The number of imidazole rings is 1. The van der Waals surface area contributed by atoms with E-state index in [-0.39, 0.29) is 94.8 Å². The number of rotatable bonds is 41. The van der Waals surface area contributed by atoms with Crippen molar-refractivity contribution in [3.63, 3.8) is 0 Å². The van der Waals surface area contributed by atoms with Crippen molar-refractivity contribution in [3.8, 4) is 5.88 Å². The van der Waals surface area contributed by atoms with E-state index in [4.69, 9.17) is 70.2 Å². The Bertz CT molecular complexity index is 4020. The van der Waals surface area contributed by atoms with Crippen LogP contribution in [-0.4, -0.2) is 261 Å². The van der Waals surface area contributed by atoms with E-state index in [1.165, 1.54) is 35.0 Å². The van der Waals surface area contributed by atoms with E-state index in [0.29, 0.717) is 82.9 Å². The summed E-state index contributed by atoms with van der Waals surface area (Å²) in [6.07, 6.45) is -1.89. The monoisotopic (exact) mass is 1600 g/mol. The molecule has 596 valence electrons. The van der Waals surface area contributed by atoms with Crippen LogP contribution in [0.4, 0.5) is 16.4 Å². The Labute approximate surface area is 636 Å². The lowest BCUT2D eigenvalue weighted by molar-refractivity contribution is -0.141. The van der Waals surface area contributed by atoms with Gasteiger partial charge in [-0.25, -0.2) is 28.9 Å². The summed E-state index contributed by atoms with van der Waals surface area (Å²) < 4.78 is 114. The molecule has 42 heteroatoms. The Morgan fingerprint density at radius 2 is 1.34 bits per heavy atom. The van der Waals surface area contributed by atoms with Crippen LogP contribution in [0, 0.1) is 11.8 Å². The van der Waals surface area contributed by atoms with Crippen LogP contribution >= 0.6 is 38.1 Å². The van der Waals surface area contributed by atoms with E-state index in [0.717, 1.165) is 23.4 Å². The minimum absolute atomic E-state index is 0.0185. The molecule has 2 saturated heterocycles. The number of H-pyrrole nitrogens is 1. The van der Waals surface area contributed by atoms with E-state index in [1.807, 2.05) is 0 Å². The lowest BCUT2D eigenvalue weighted by Crippen LogP contribution is -2.55. The Morgan fingerprint density at radius 1 is 0.725 bits per heavy atom. The second-order valence-electron chi connectivity index (χ2n) is 25.2. The first-order chi connectivity index (χ1) is 52.4. The number of methoxy groups -OCH3 is 1. The van der Waals surface area contributed by atoms with Gasteiger partial charge >= 0.3 is 19.7 Å². The predicted molar refractivity (Wildman–Crippen MR) is 390 cm³/mol. The molecule has 2 bridgehead atoms. The molecule has 1 saturated carbocycles. The van der Waals surface area contributed by atoms with E-state index < -0.39 is 140 Å². The quantitative estimate of drug-likeness (QED) is 0.0120. The molecule has 4 aliphatic rings. The normalized spacial score (nSPS) is 22.6. The molecule has 1 unspecified atom stereocenters. The summed E-state index contributed by atoms with van der Waals surface area (Å²) in [5.74, 6) is -5.34. The van der Waals surface area contributed by atoms with Gasteiger partial charge in [0.2, 0.25) is 29.5 Å². The Kier molecular flexibility index (Phi) is 33.4. The van der Waals surface area contributed by atoms with Crippen molar-refractivity contribution in [2.45, 2.75) is 95.6 Å². The molecule has 3 aliphatic heterocycles. The Balaban J connectivity index is 0.805. The lowest BCUT2D eigenvalue weighted by Gasteiger charge is -2.26. The molecule has 1 aliphatic carbocycles. The lowest BCUT2D eigenvalue weighted by atomic mass is 10.0. The molecule has 7 amide bonds. The second-order valence-corrected chi connectivity index (χ2v) is 31.0. The van der Waals surface area contributed by atoms with E-state index in [9.17, 15) is 52.6 Å². The van der Waals surface area contributed by atoms with E-state index in [1.54, 1.807) is 69.5 Å². The number of aliphatic hydroxyl groups excluding tert-OH is 1. The molecule has 2 aromatic carbocycles. The first-order valence-electron chi connectivity index (χ1n) is 34.9. The summed E-state index contributed by atoms with van der Waals surface area (Å²) in [5.41, 5.74) is -0.152. The van der Waals surface area contributed by atoms with E-state index in [2.05, 4.69) is 70.7 Å². The maximum absolute atomic E-state index is 14.5. The number of ether oxygens (including phenoxy) is 11. The molecule has 9 rings (SSSR count). The highest BCUT2D eigenvalue weighted by molar-refractivity contribution is 8.44. The zero-order valence-electron chi connectivity index (χ0n) is 60.2. The highest BCUT2D eigenvalue weighted by Gasteiger charge is 2.51. The fourth-order valence-electron chi connectivity index (χ4n) is 11.3. The van der Waals surface area contributed by atoms with Gasteiger partial charge in [0.1, 0.15) is 56.0 Å². The number of hydrogen-bond acceptors (Lipinski definition) is 30. The molecule has 5 aromatic rings. The first kappa shape index (κ1) is 85.3. The molecule has 38 nitrogen and oxygen atoms in total. The molecule has 3 aromatic heterocycles. The topological polar surface area (TPSA) is 456 Å². The van der Waals surface area contributed by atoms with Crippen molar-refractivity contribution >= 4 is 102 Å². The molecular formula is C67H90N12O26P2S2. The molecule has 0 spiro atoms. The average molecular weight is 1610 g/mol. The zero-order valence-corrected chi connectivity index (χ0v) is 63.8. The molecular weight excluding hydrogens is 1510 g/mol. The minimum Gasteiger partial charge on any atom is -0.474 e. The summed E-state index contributed by atoms with van der Waals surface area (Å²) in [4.78, 5) is 127. The van der Waals surface area contributed by atoms with Gasteiger partial charge in [0.15, 0.2) is 17.4 Å². The van der Waals surface area contributed by atoms with Gasteiger partial charge in [0.25, 0.3) is 23.3 Å². The van der Waals surface area contributed by atoms with Crippen molar-refractivity contribution in [2.75, 3.05) is 143 Å². The second kappa shape index (κ2) is 42.6. The Morgan fingerprint density at radius 3 is 1.96 bits per heavy atom. The number of hydrogen-bond donors (Lipinski definition) is 8. The van der Waals surface area contributed by atoms with Crippen molar-refractivity contribution in [3.05, 3.63) is 113 Å². The fourth-order valence-corrected chi connectivity index (χ4v) is 14.4. The third-order valence-electron chi connectivity index (χ3n) is 16.9. The smallest absolute Gasteiger partial charge is 0.410 e. The predicted octanol–water partition coefficient (Wildman–Crippen LogP) is 3.58. The van der Waals surface area contributed by atoms with Gasteiger partial charge in [0, 0.05) is 68.2 Å². The van der Waals surface area contributed by atoms with Gasteiger partial charge < -0.3 is 82.6 Å². The van der Waals surface area contributed by atoms with Gasteiger partial charge in [-0.1, -0.05) is 68.7 Å². The van der Waals surface area contributed by atoms with Crippen LogP contribution in [0.25, 0.3) is 11.2 Å². The number of imide groups is 1. The van der Waals surface area contributed by atoms with Crippen molar-refractivity contribution < 1.29 is 118 Å². The van der Waals surface area contributed by atoms with Crippen LogP contribution in [0.2, 0.25) is 0 Å². The summed E-state index contributed by atoms with van der Waals surface area (Å²) in [6, 6.07) is 11.9. The standard InChI is InChI=1S/C67H90N12O26P2S2/c1-42(2)56(73-52(80)36-78-54(81)13-14-55(78)82)63(86)71-43(3)61(84)72-47-11-9-44(10-12-47)37-99-67(88)77(17-18-92-21-22-94-25-26-96-29-30-98-32-31-97-28-27-95-24-23-93-20-19-91-4)35-45-7-5-6-8-49(45)62(85)75-66-74-60-57(64(87)76-66)70-41-79(60)65-59-58(83)51(103-65)39-101-106(89,108)104-50-34-48(102-53-15-16-68-40-69-53)33-46(50)38-100-107(90,109)105-59/h5-16,40-43,46,48,50-51,56,58-59,65,83H,17-39H2,1-4H3,(H,71,86)(H,72,84)(H,73,80)(H,89,108)(H,90,109)(H2,74,75,76,85,87)/t43-,46+,48+,50-,51+,56-,58+,59+,65+,106+,107?/m0/s1. The van der Waals surface area contributed by atoms with Crippen molar-refractivity contribution in [2.24, 2.45) is 11.8 Å². The molecule has 6 N–H and O–H groups in total. The number of nitrogens with zero attached hydrogens (tertiary/aromatic N) is 7. The van der Waals surface area contributed by atoms with Gasteiger partial charge in [-0.3, -0.25) is 66.9 Å². The van der Waals surface area contributed by atoms with Crippen LogP contribution in [-0.2, 0) is 112 Å². The maximum atomic E-state index is 14.5. The van der Waals surface area contributed by atoms with Gasteiger partial charge in [-0.2, -0.15) is 4.98 Å². The number of aromatic amines is 1. The number of thiol groups is 2. The third-order valence-corrected chi connectivity index (χ3v) is 20.2. The third kappa shape index (κ3) is 26.5. The van der Waals surface area contributed by atoms with E-state index >= 15 is 0 Å². The number of benzene rings is 2. The summed E-state index contributed by atoms with van der Waals surface area (Å²) in [7, 11) is 1.61. The Hall–Kier alpha value is -7.70. The summed E-state index contributed by atoms with van der Waals surface area (Å²) in [5, 5.41) is 22.1. The number of fused-ring (bicyclic) bond motifs is 4. The van der Waals surface area contributed by atoms with Crippen LogP contribution in [0.3, 0.4) is 0 Å². The molecule has 0 radical (unpaired) electrons. The number of aromatic nitrogens is 6. The maximum Gasteiger partial charge on any atom is 0.410 e. The zero-order chi connectivity index (χ0) is 77.9. The number of carbonyl (C=O) groups is 7. The first-order valence-corrected chi connectivity index (χ1v) is 40.3. The number of anilines is 2.